The van der Waals surface area contributed by atoms with Crippen LogP contribution in [0.1, 0.15) is 40.3 Å². The number of anilines is 1. The number of pyridine rings is 1. The fraction of sp³-hybridized carbons (Fsp3) is 0.375. The molecule has 0 saturated heterocycles. The van der Waals surface area contributed by atoms with Crippen LogP contribution in [-0.4, -0.2) is 71.0 Å². The Morgan fingerprint density at radius 1 is 1.36 bits per heavy atom. The second-order valence-electron chi connectivity index (χ2n) is 8.23. The van der Waals surface area contributed by atoms with Crippen LogP contribution in [0.25, 0.3) is 10.9 Å². The van der Waals surface area contributed by atoms with Crippen LogP contribution in [0, 0.1) is 6.92 Å². The van der Waals surface area contributed by atoms with Gasteiger partial charge in [0.1, 0.15) is 5.82 Å². The molecular weight excluding hydrogens is 442 g/mol. The molecule has 0 fully saturated rings. The van der Waals surface area contributed by atoms with Crippen molar-refractivity contribution in [2.45, 2.75) is 26.3 Å². The summed E-state index contributed by atoms with van der Waals surface area (Å²) in [4.78, 5) is 32.7. The van der Waals surface area contributed by atoms with Gasteiger partial charge in [-0.05, 0) is 56.2 Å². The number of nitrogens with one attached hydrogen (secondary N) is 2. The van der Waals surface area contributed by atoms with Gasteiger partial charge < -0.3 is 20.3 Å². The van der Waals surface area contributed by atoms with E-state index in [1.807, 2.05) is 25.1 Å². The molecule has 1 atom stereocenters. The van der Waals surface area contributed by atoms with E-state index in [1.54, 1.807) is 19.0 Å². The first-order chi connectivity index (χ1) is 15.8. The van der Waals surface area contributed by atoms with E-state index in [-0.39, 0.29) is 12.4 Å². The molecule has 0 aliphatic carbocycles. The number of hydrogen-bond donors (Lipinski definition) is 3. The first-order valence-corrected chi connectivity index (χ1v) is 11.2. The molecule has 176 valence electrons. The zero-order chi connectivity index (χ0) is 24.1. The molecule has 0 radical (unpaired) electrons. The summed E-state index contributed by atoms with van der Waals surface area (Å²) >= 11 is 6.20. The molecule has 3 N–H and O–H groups in total. The second-order valence-corrected chi connectivity index (χ2v) is 8.67. The molecule has 0 saturated carbocycles. The van der Waals surface area contributed by atoms with E-state index in [1.165, 1.54) is 16.6 Å². The van der Waals surface area contributed by atoms with E-state index < -0.39 is 0 Å². The molecule has 1 aromatic carbocycles. The molecule has 4 rings (SSSR count). The standard InChI is InChI=1S/C23H28ClN5O.CH2O2/c1-14-17(23(30)28(3)4)6-8-21(26-14)25-10-12-29-11-9-18-19-13-16(24)5-7-20(19)27-22(18)15(29)2;2-1-3/h5-8,13,15,27H,9-12H2,1-4H3,(H,25,26);1H,(H,2,3). The lowest BCUT2D eigenvalue weighted by molar-refractivity contribution is -0.122. The van der Waals surface area contributed by atoms with Crippen LogP contribution in [0.2, 0.25) is 5.02 Å². The zero-order valence-corrected chi connectivity index (χ0v) is 20.1. The van der Waals surface area contributed by atoms with E-state index in [0.717, 1.165) is 48.1 Å². The van der Waals surface area contributed by atoms with Gasteiger partial charge in [-0.25, -0.2) is 4.98 Å². The molecule has 0 spiro atoms. The summed E-state index contributed by atoms with van der Waals surface area (Å²) in [6.45, 7) is 6.59. The monoisotopic (exact) mass is 471 g/mol. The predicted octanol–water partition coefficient (Wildman–Crippen LogP) is 3.96. The van der Waals surface area contributed by atoms with Crippen LogP contribution >= 0.6 is 11.6 Å². The van der Waals surface area contributed by atoms with Crippen molar-refractivity contribution < 1.29 is 14.7 Å². The number of H-pyrrole nitrogens is 1. The van der Waals surface area contributed by atoms with Crippen molar-refractivity contribution in [2.75, 3.05) is 39.0 Å². The fourth-order valence-electron chi connectivity index (χ4n) is 4.26. The number of fused-ring (bicyclic) bond motifs is 3. The number of aromatic amines is 1. The number of aromatic nitrogens is 2. The first kappa shape index (κ1) is 24.5. The van der Waals surface area contributed by atoms with Gasteiger partial charge in [0.05, 0.1) is 11.3 Å². The minimum atomic E-state index is -0.250. The van der Waals surface area contributed by atoms with E-state index in [9.17, 15) is 4.79 Å². The van der Waals surface area contributed by atoms with Gasteiger partial charge in [-0.15, -0.1) is 0 Å². The fourth-order valence-corrected chi connectivity index (χ4v) is 4.43. The summed E-state index contributed by atoms with van der Waals surface area (Å²) in [6.07, 6.45) is 1.01. The average Bonchev–Trinajstić information content (AvgIpc) is 3.14. The Morgan fingerprint density at radius 2 is 2.09 bits per heavy atom. The summed E-state index contributed by atoms with van der Waals surface area (Å²) in [6, 6.07) is 10.1. The number of rotatable bonds is 5. The quantitative estimate of drug-likeness (QED) is 0.487. The molecule has 1 unspecified atom stereocenters. The minimum Gasteiger partial charge on any atom is -0.483 e. The molecule has 3 aromatic rings. The molecule has 2 aromatic heterocycles. The van der Waals surface area contributed by atoms with Crippen molar-refractivity contribution >= 4 is 40.7 Å². The number of amides is 1. The number of benzene rings is 1. The highest BCUT2D eigenvalue weighted by atomic mass is 35.5. The first-order valence-electron chi connectivity index (χ1n) is 10.8. The number of nitrogens with zero attached hydrogens (tertiary/aromatic N) is 3. The molecule has 9 heteroatoms. The lowest BCUT2D eigenvalue weighted by Crippen LogP contribution is -2.37. The number of carbonyl (C=O) groups is 2. The van der Waals surface area contributed by atoms with E-state index >= 15 is 0 Å². The molecular formula is C24H30ClN5O3. The van der Waals surface area contributed by atoms with Crippen LogP contribution in [0.15, 0.2) is 30.3 Å². The number of halogens is 1. The Morgan fingerprint density at radius 3 is 2.76 bits per heavy atom. The summed E-state index contributed by atoms with van der Waals surface area (Å²) < 4.78 is 0. The Bertz CT molecular complexity index is 1140. The second kappa shape index (κ2) is 10.7. The lowest BCUT2D eigenvalue weighted by Gasteiger charge is -2.33. The third kappa shape index (κ3) is 5.46. The zero-order valence-electron chi connectivity index (χ0n) is 19.4. The van der Waals surface area contributed by atoms with Crippen molar-refractivity contribution in [3.63, 3.8) is 0 Å². The van der Waals surface area contributed by atoms with Gasteiger partial charge in [-0.2, -0.15) is 0 Å². The maximum absolute atomic E-state index is 12.2. The summed E-state index contributed by atoms with van der Waals surface area (Å²) in [5.41, 5.74) is 5.22. The lowest BCUT2D eigenvalue weighted by atomic mass is 9.98. The van der Waals surface area contributed by atoms with Crippen molar-refractivity contribution in [1.82, 2.24) is 19.8 Å². The number of carbonyl (C=O) groups excluding carboxylic acids is 1. The van der Waals surface area contributed by atoms with Crippen molar-refractivity contribution in [1.29, 1.82) is 0 Å². The summed E-state index contributed by atoms with van der Waals surface area (Å²) in [7, 11) is 3.50. The number of carboxylic acid groups (broad SMARTS) is 1. The molecule has 1 amide bonds. The maximum atomic E-state index is 12.2. The SMILES string of the molecule is Cc1nc(NCCN2CCc3c([nH]c4ccc(Cl)cc34)C2C)ccc1C(=O)N(C)C.O=CO. The van der Waals surface area contributed by atoms with Crippen LogP contribution in [-0.2, 0) is 11.2 Å². The summed E-state index contributed by atoms with van der Waals surface area (Å²) in [5.74, 6) is 0.775. The highest BCUT2D eigenvalue weighted by Gasteiger charge is 2.27. The Labute approximate surface area is 198 Å². The molecule has 0 bridgehead atoms. The van der Waals surface area contributed by atoms with Gasteiger partial charge in [0.2, 0.25) is 0 Å². The largest absolute Gasteiger partial charge is 0.483 e. The van der Waals surface area contributed by atoms with Crippen molar-refractivity contribution in [3.8, 4) is 0 Å². The van der Waals surface area contributed by atoms with E-state index in [4.69, 9.17) is 21.5 Å². The normalized spacial score (nSPS) is 15.4. The van der Waals surface area contributed by atoms with Gasteiger partial charge in [-0.1, -0.05) is 11.6 Å². The van der Waals surface area contributed by atoms with Gasteiger partial charge in [0, 0.05) is 61.4 Å². The van der Waals surface area contributed by atoms with Crippen LogP contribution in [0.3, 0.4) is 0 Å². The van der Waals surface area contributed by atoms with Crippen molar-refractivity contribution in [2.24, 2.45) is 0 Å². The highest BCUT2D eigenvalue weighted by molar-refractivity contribution is 6.31. The average molecular weight is 472 g/mol. The van der Waals surface area contributed by atoms with Gasteiger partial charge in [-0.3, -0.25) is 14.5 Å². The van der Waals surface area contributed by atoms with E-state index in [2.05, 4.69) is 39.2 Å². The van der Waals surface area contributed by atoms with Crippen LogP contribution < -0.4 is 5.32 Å². The highest BCUT2D eigenvalue weighted by Crippen LogP contribution is 2.35. The third-order valence-electron chi connectivity index (χ3n) is 5.94. The molecule has 33 heavy (non-hydrogen) atoms. The smallest absolute Gasteiger partial charge is 0.290 e. The van der Waals surface area contributed by atoms with Gasteiger partial charge >= 0.3 is 0 Å². The van der Waals surface area contributed by atoms with Crippen molar-refractivity contribution in [3.05, 3.63) is 57.9 Å². The topological polar surface area (TPSA) is 102 Å². The van der Waals surface area contributed by atoms with Crippen LogP contribution in [0.5, 0.6) is 0 Å². The maximum Gasteiger partial charge on any atom is 0.290 e. The third-order valence-corrected chi connectivity index (χ3v) is 6.18. The molecule has 1 aliphatic heterocycles. The Balaban J connectivity index is 0.000000968. The molecule has 8 nitrogen and oxygen atoms in total. The minimum absolute atomic E-state index is 0.0240. The predicted molar refractivity (Wildman–Crippen MR) is 131 cm³/mol. The van der Waals surface area contributed by atoms with Crippen LogP contribution in [0.4, 0.5) is 5.82 Å². The number of aryl methyl sites for hydroxylation is 1. The molecule has 1 aliphatic rings. The number of hydrogen-bond acceptors (Lipinski definition) is 5. The Kier molecular flexibility index (Phi) is 7.94. The van der Waals surface area contributed by atoms with Gasteiger partial charge in [0.15, 0.2) is 0 Å². The van der Waals surface area contributed by atoms with Gasteiger partial charge in [0.25, 0.3) is 12.4 Å². The molecule has 3 heterocycles. The Hall–Kier alpha value is -3.10. The van der Waals surface area contributed by atoms with E-state index in [0.29, 0.717) is 11.6 Å². The summed E-state index contributed by atoms with van der Waals surface area (Å²) in [5, 5.41) is 12.3.